The molecule has 0 aromatic carbocycles. The first-order chi connectivity index (χ1) is 8.49. The lowest BCUT2D eigenvalue weighted by molar-refractivity contribution is -0.870. The summed E-state index contributed by atoms with van der Waals surface area (Å²) in [6, 6.07) is 0. The van der Waals surface area contributed by atoms with Crippen molar-refractivity contribution >= 4 is 10.1 Å². The van der Waals surface area contributed by atoms with Gasteiger partial charge in [0.25, 0.3) is 0 Å². The zero-order valence-corrected chi connectivity index (χ0v) is 13.8. The van der Waals surface area contributed by atoms with Crippen molar-refractivity contribution < 1.29 is 26.9 Å². The highest BCUT2D eigenvalue weighted by Crippen LogP contribution is 2.06. The molecule has 0 aliphatic heterocycles. The molecule has 6 nitrogen and oxygen atoms in total. The van der Waals surface area contributed by atoms with E-state index in [9.17, 15) is 0 Å². The monoisotopic (exact) mass is 299 g/mol. The SMILES string of the molecule is CCOC(CCC[N+](C)(C)C)OCC.CS(=O)(=O)[O-]. The Balaban J connectivity index is 0. The summed E-state index contributed by atoms with van der Waals surface area (Å²) in [6.07, 6.45) is 2.75. The molecule has 0 aromatic rings. The van der Waals surface area contributed by atoms with Gasteiger partial charge in [-0.05, 0) is 13.8 Å². The fourth-order valence-corrected chi connectivity index (χ4v) is 1.32. The second-order valence-electron chi connectivity index (χ2n) is 5.20. The Morgan fingerprint density at radius 3 is 1.74 bits per heavy atom. The summed E-state index contributed by atoms with van der Waals surface area (Å²) in [6.45, 7) is 6.64. The Morgan fingerprint density at radius 2 is 1.47 bits per heavy atom. The highest BCUT2D eigenvalue weighted by atomic mass is 32.2. The number of ether oxygens (including phenoxy) is 2. The molecule has 0 saturated carbocycles. The minimum atomic E-state index is -3.92. The maximum absolute atomic E-state index is 9.08. The zero-order chi connectivity index (χ0) is 15.5. The first kappa shape index (κ1) is 21.1. The van der Waals surface area contributed by atoms with E-state index in [0.29, 0.717) is 6.26 Å². The first-order valence-corrected chi connectivity index (χ1v) is 8.25. The van der Waals surface area contributed by atoms with E-state index in [1.54, 1.807) is 0 Å². The van der Waals surface area contributed by atoms with Gasteiger partial charge in [0.05, 0.1) is 37.8 Å². The van der Waals surface area contributed by atoms with Crippen LogP contribution < -0.4 is 0 Å². The standard InChI is InChI=1S/C11H26NO2.CH4O3S/c1-6-13-11(14-7-2)9-8-10-12(3,4)5;1-5(2,3)4/h11H,6-10H2,1-5H3;1H3,(H,2,3,4)/q+1;/p-1. The molecule has 0 radical (unpaired) electrons. The van der Waals surface area contributed by atoms with Crippen LogP contribution in [-0.4, -0.2) is 70.9 Å². The van der Waals surface area contributed by atoms with Crippen molar-refractivity contribution in [3.8, 4) is 0 Å². The number of nitrogens with zero attached hydrogens (tertiary/aromatic N) is 1. The second-order valence-corrected chi connectivity index (χ2v) is 6.61. The van der Waals surface area contributed by atoms with Gasteiger partial charge >= 0.3 is 0 Å². The Labute approximate surface area is 118 Å². The van der Waals surface area contributed by atoms with Gasteiger partial charge in [-0.25, -0.2) is 8.42 Å². The number of hydrogen-bond donors (Lipinski definition) is 0. The highest BCUT2D eigenvalue weighted by molar-refractivity contribution is 7.84. The first-order valence-electron chi connectivity index (χ1n) is 6.44. The molecule has 0 aromatic heterocycles. The summed E-state index contributed by atoms with van der Waals surface area (Å²) in [4.78, 5) is 0. The number of hydrogen-bond acceptors (Lipinski definition) is 5. The maximum Gasteiger partial charge on any atom is 0.157 e. The fraction of sp³-hybridized carbons (Fsp3) is 1.00. The minimum Gasteiger partial charge on any atom is -0.748 e. The topological polar surface area (TPSA) is 75.7 Å². The van der Waals surface area contributed by atoms with Crippen LogP contribution in [0.1, 0.15) is 26.7 Å². The Kier molecular flexibility index (Phi) is 11.7. The summed E-state index contributed by atoms with van der Waals surface area (Å²) >= 11 is 0. The lowest BCUT2D eigenvalue weighted by Crippen LogP contribution is -2.35. The smallest absolute Gasteiger partial charge is 0.157 e. The van der Waals surface area contributed by atoms with Crippen LogP contribution in [0.25, 0.3) is 0 Å². The van der Waals surface area contributed by atoms with E-state index in [2.05, 4.69) is 21.1 Å². The third-order valence-corrected chi connectivity index (χ3v) is 1.97. The van der Waals surface area contributed by atoms with E-state index < -0.39 is 10.1 Å². The van der Waals surface area contributed by atoms with Crippen molar-refractivity contribution in [3.63, 3.8) is 0 Å². The molecule has 7 heteroatoms. The summed E-state index contributed by atoms with van der Waals surface area (Å²) in [5, 5.41) is 0. The molecule has 0 unspecified atom stereocenters. The highest BCUT2D eigenvalue weighted by Gasteiger charge is 2.11. The molecule has 19 heavy (non-hydrogen) atoms. The summed E-state index contributed by atoms with van der Waals surface area (Å²) in [5.74, 6) is 0. The van der Waals surface area contributed by atoms with Gasteiger partial charge < -0.3 is 18.5 Å². The summed E-state index contributed by atoms with van der Waals surface area (Å²) in [5.41, 5.74) is 0. The van der Waals surface area contributed by atoms with E-state index >= 15 is 0 Å². The van der Waals surface area contributed by atoms with Crippen LogP contribution in [0.5, 0.6) is 0 Å². The van der Waals surface area contributed by atoms with Crippen LogP contribution in [0.4, 0.5) is 0 Å². The minimum absolute atomic E-state index is 0.00319. The Hall–Kier alpha value is -0.210. The van der Waals surface area contributed by atoms with E-state index in [0.717, 1.165) is 37.1 Å². The predicted octanol–water partition coefficient (Wildman–Crippen LogP) is 1.03. The van der Waals surface area contributed by atoms with E-state index in [4.69, 9.17) is 22.4 Å². The van der Waals surface area contributed by atoms with Crippen molar-refractivity contribution in [2.45, 2.75) is 33.0 Å². The third kappa shape index (κ3) is 27.1. The van der Waals surface area contributed by atoms with Crippen molar-refractivity contribution in [1.82, 2.24) is 0 Å². The summed E-state index contributed by atoms with van der Waals surface area (Å²) < 4.78 is 39.2. The van der Waals surface area contributed by atoms with Gasteiger partial charge in [-0.15, -0.1) is 0 Å². The lowest BCUT2D eigenvalue weighted by Gasteiger charge is -2.25. The number of quaternary nitrogens is 1. The van der Waals surface area contributed by atoms with E-state index in [-0.39, 0.29) is 6.29 Å². The molecular weight excluding hydrogens is 270 g/mol. The van der Waals surface area contributed by atoms with Gasteiger partial charge in [-0.2, -0.15) is 0 Å². The van der Waals surface area contributed by atoms with E-state index in [1.165, 1.54) is 0 Å². The van der Waals surface area contributed by atoms with Gasteiger partial charge in [0, 0.05) is 32.3 Å². The number of rotatable bonds is 8. The third-order valence-electron chi connectivity index (χ3n) is 1.97. The predicted molar refractivity (Wildman–Crippen MR) is 74.8 cm³/mol. The molecule has 0 aliphatic rings. The van der Waals surface area contributed by atoms with Crippen LogP contribution in [-0.2, 0) is 19.6 Å². The molecule has 0 spiro atoms. The normalized spacial score (nSPS) is 12.2. The zero-order valence-electron chi connectivity index (χ0n) is 13.0. The van der Waals surface area contributed by atoms with Gasteiger partial charge in [-0.1, -0.05) is 0 Å². The van der Waals surface area contributed by atoms with E-state index in [1.807, 2.05) is 13.8 Å². The second kappa shape index (κ2) is 10.6. The molecule has 0 bridgehead atoms. The molecule has 0 amide bonds. The molecule has 0 atom stereocenters. The fourth-order valence-electron chi connectivity index (χ4n) is 1.32. The van der Waals surface area contributed by atoms with Crippen molar-refractivity contribution in [2.75, 3.05) is 47.2 Å². The van der Waals surface area contributed by atoms with Crippen LogP contribution in [0.15, 0.2) is 0 Å². The van der Waals surface area contributed by atoms with Gasteiger partial charge in [-0.3, -0.25) is 0 Å². The van der Waals surface area contributed by atoms with Crippen LogP contribution in [0.2, 0.25) is 0 Å². The molecule has 0 fully saturated rings. The molecule has 0 aliphatic carbocycles. The average molecular weight is 299 g/mol. The molecule has 118 valence electrons. The molecule has 0 N–H and O–H groups in total. The van der Waals surface area contributed by atoms with Crippen molar-refractivity contribution in [2.24, 2.45) is 0 Å². The molecule has 0 saturated heterocycles. The van der Waals surface area contributed by atoms with Gasteiger partial charge in [0.1, 0.15) is 0 Å². The lowest BCUT2D eigenvalue weighted by atomic mass is 10.3. The Morgan fingerprint density at radius 1 is 1.11 bits per heavy atom. The van der Waals surface area contributed by atoms with Gasteiger partial charge in [0.2, 0.25) is 0 Å². The average Bonchev–Trinajstić information content (AvgIpc) is 2.13. The largest absolute Gasteiger partial charge is 0.748 e. The van der Waals surface area contributed by atoms with Crippen molar-refractivity contribution in [1.29, 1.82) is 0 Å². The van der Waals surface area contributed by atoms with Crippen LogP contribution >= 0.6 is 0 Å². The van der Waals surface area contributed by atoms with Crippen LogP contribution in [0.3, 0.4) is 0 Å². The molecule has 0 rings (SSSR count). The quantitative estimate of drug-likeness (QED) is 0.380. The summed E-state index contributed by atoms with van der Waals surface area (Å²) in [7, 11) is 2.70. The van der Waals surface area contributed by atoms with Crippen molar-refractivity contribution in [3.05, 3.63) is 0 Å². The molecular formula is C12H29NO5S. The Bertz CT molecular complexity index is 284. The maximum atomic E-state index is 9.08. The van der Waals surface area contributed by atoms with Crippen LogP contribution in [0, 0.1) is 0 Å². The molecule has 0 heterocycles. The van der Waals surface area contributed by atoms with Gasteiger partial charge in [0.15, 0.2) is 6.29 Å².